The number of nitrogens with zero attached hydrogens (tertiary/aromatic N) is 2. The summed E-state index contributed by atoms with van der Waals surface area (Å²) < 4.78 is 4.94. The number of anilines is 1. The Labute approximate surface area is 115 Å². The zero-order valence-electron chi connectivity index (χ0n) is 10.6. The van der Waals surface area contributed by atoms with Crippen molar-refractivity contribution in [2.24, 2.45) is 0 Å². The van der Waals surface area contributed by atoms with Crippen LogP contribution in [-0.2, 0) is 0 Å². The molecular weight excluding hydrogens is 258 g/mol. The van der Waals surface area contributed by atoms with Crippen molar-refractivity contribution >= 4 is 11.7 Å². The van der Waals surface area contributed by atoms with Crippen molar-refractivity contribution in [1.82, 2.24) is 4.98 Å². The fraction of sp³-hybridized carbons (Fsp3) is 0.0714. The first kappa shape index (κ1) is 13.4. The average molecular weight is 269 g/mol. The molecule has 0 fully saturated rings. The maximum atomic E-state index is 12.0. The molecule has 100 valence electrons. The Hall–Kier alpha value is -3.07. The highest BCUT2D eigenvalue weighted by Crippen LogP contribution is 2.24. The van der Waals surface area contributed by atoms with Crippen molar-refractivity contribution in [2.75, 3.05) is 12.4 Å². The van der Waals surface area contributed by atoms with Crippen molar-refractivity contribution in [3.8, 4) is 17.6 Å². The first-order chi connectivity index (χ1) is 9.63. The topological polar surface area (TPSA) is 95.2 Å². The van der Waals surface area contributed by atoms with Crippen LogP contribution in [0, 0.1) is 11.3 Å². The predicted octanol–water partition coefficient (Wildman–Crippen LogP) is 1.92. The van der Waals surface area contributed by atoms with Crippen LogP contribution in [-0.4, -0.2) is 23.1 Å². The molecule has 0 aliphatic carbocycles. The number of phenols is 1. The number of aromatic nitrogens is 1. The van der Waals surface area contributed by atoms with Crippen LogP contribution >= 0.6 is 0 Å². The number of hydrogen-bond donors (Lipinski definition) is 2. The Balaban J connectivity index is 2.17. The van der Waals surface area contributed by atoms with E-state index in [-0.39, 0.29) is 11.3 Å². The van der Waals surface area contributed by atoms with Gasteiger partial charge in [0, 0.05) is 12.3 Å². The zero-order valence-corrected chi connectivity index (χ0v) is 10.6. The van der Waals surface area contributed by atoms with E-state index in [0.29, 0.717) is 17.1 Å². The van der Waals surface area contributed by atoms with Gasteiger partial charge in [-0.15, -0.1) is 0 Å². The monoisotopic (exact) mass is 269 g/mol. The van der Waals surface area contributed by atoms with E-state index in [4.69, 9.17) is 10.00 Å². The summed E-state index contributed by atoms with van der Waals surface area (Å²) in [5.74, 6) is 0.0672. The number of carbonyl (C=O) groups is 1. The summed E-state index contributed by atoms with van der Waals surface area (Å²) >= 11 is 0. The first-order valence-electron chi connectivity index (χ1n) is 5.68. The molecule has 0 bridgehead atoms. The average Bonchev–Trinajstić information content (AvgIpc) is 2.47. The van der Waals surface area contributed by atoms with E-state index in [2.05, 4.69) is 10.3 Å². The summed E-state index contributed by atoms with van der Waals surface area (Å²) in [6.07, 6.45) is 1.35. The Kier molecular flexibility index (Phi) is 3.82. The normalized spacial score (nSPS) is 9.60. The first-order valence-corrected chi connectivity index (χ1v) is 5.68. The molecule has 0 saturated carbocycles. The Morgan fingerprint density at radius 3 is 2.75 bits per heavy atom. The number of hydrogen-bond acceptors (Lipinski definition) is 5. The molecule has 1 heterocycles. The summed E-state index contributed by atoms with van der Waals surface area (Å²) in [4.78, 5) is 15.9. The minimum atomic E-state index is -0.498. The van der Waals surface area contributed by atoms with E-state index in [9.17, 15) is 9.90 Å². The van der Waals surface area contributed by atoms with Crippen LogP contribution in [0.1, 0.15) is 15.9 Å². The number of nitriles is 1. The fourth-order valence-corrected chi connectivity index (χ4v) is 1.55. The minimum absolute atomic E-state index is 0.108. The third kappa shape index (κ3) is 2.84. The lowest BCUT2D eigenvalue weighted by Gasteiger charge is -2.07. The molecule has 0 aliphatic heterocycles. The van der Waals surface area contributed by atoms with Crippen LogP contribution in [0.15, 0.2) is 36.5 Å². The highest BCUT2D eigenvalue weighted by Gasteiger charge is 2.12. The highest BCUT2D eigenvalue weighted by molar-refractivity contribution is 6.05. The molecule has 6 nitrogen and oxygen atoms in total. The second kappa shape index (κ2) is 5.71. The summed E-state index contributed by atoms with van der Waals surface area (Å²) in [6.45, 7) is 0. The van der Waals surface area contributed by atoms with E-state index in [1.165, 1.54) is 37.6 Å². The van der Waals surface area contributed by atoms with Gasteiger partial charge < -0.3 is 15.2 Å². The number of methoxy groups -OCH3 is 1. The van der Waals surface area contributed by atoms with Gasteiger partial charge in [-0.05, 0) is 24.3 Å². The van der Waals surface area contributed by atoms with E-state index < -0.39 is 5.91 Å². The second-order valence-corrected chi connectivity index (χ2v) is 3.88. The molecule has 1 amide bonds. The molecule has 0 saturated heterocycles. The molecule has 1 aromatic heterocycles. The third-order valence-corrected chi connectivity index (χ3v) is 2.58. The van der Waals surface area contributed by atoms with Crippen LogP contribution in [0.25, 0.3) is 0 Å². The number of rotatable bonds is 3. The van der Waals surface area contributed by atoms with Gasteiger partial charge in [-0.3, -0.25) is 4.79 Å². The van der Waals surface area contributed by atoms with Crippen molar-refractivity contribution in [2.45, 2.75) is 0 Å². The lowest BCUT2D eigenvalue weighted by atomic mass is 10.2. The molecule has 0 unspecified atom stereocenters. The van der Waals surface area contributed by atoms with Gasteiger partial charge in [0.15, 0.2) is 0 Å². The largest absolute Gasteiger partial charge is 0.507 e. The van der Waals surface area contributed by atoms with E-state index in [1.807, 2.05) is 6.07 Å². The van der Waals surface area contributed by atoms with E-state index >= 15 is 0 Å². The smallest absolute Gasteiger partial charge is 0.260 e. The van der Waals surface area contributed by atoms with Gasteiger partial charge in [-0.1, -0.05) is 0 Å². The fourth-order valence-electron chi connectivity index (χ4n) is 1.55. The lowest BCUT2D eigenvalue weighted by molar-refractivity contribution is 0.102. The van der Waals surface area contributed by atoms with Gasteiger partial charge in [0.05, 0.1) is 18.2 Å². The van der Waals surface area contributed by atoms with Gasteiger partial charge in [0.2, 0.25) is 0 Å². The molecule has 1 aromatic carbocycles. The van der Waals surface area contributed by atoms with Crippen molar-refractivity contribution in [3.63, 3.8) is 0 Å². The van der Waals surface area contributed by atoms with Crippen molar-refractivity contribution in [1.29, 1.82) is 5.26 Å². The number of aromatic hydroxyl groups is 1. The number of nitrogens with one attached hydrogen (secondary N) is 1. The molecule has 0 aliphatic rings. The van der Waals surface area contributed by atoms with Crippen molar-refractivity contribution < 1.29 is 14.6 Å². The molecule has 0 radical (unpaired) electrons. The van der Waals surface area contributed by atoms with Gasteiger partial charge in [-0.25, -0.2) is 4.98 Å². The molecule has 6 heteroatoms. The number of carbonyl (C=O) groups excluding carboxylic acids is 1. The van der Waals surface area contributed by atoms with Crippen LogP contribution in [0.5, 0.6) is 11.5 Å². The maximum absolute atomic E-state index is 12.0. The van der Waals surface area contributed by atoms with Gasteiger partial charge in [0.1, 0.15) is 23.4 Å². The Morgan fingerprint density at radius 1 is 1.40 bits per heavy atom. The molecular formula is C14H11N3O3. The SMILES string of the molecule is COc1ccc(C(=O)Nc2ccc(C#N)cn2)c(O)c1. The number of phenolic OH excluding ortho intramolecular Hbond substituents is 1. The summed E-state index contributed by atoms with van der Waals surface area (Å²) in [7, 11) is 1.47. The van der Waals surface area contributed by atoms with Crippen molar-refractivity contribution in [3.05, 3.63) is 47.7 Å². The van der Waals surface area contributed by atoms with Crippen LogP contribution in [0.4, 0.5) is 5.82 Å². The van der Waals surface area contributed by atoms with Gasteiger partial charge in [-0.2, -0.15) is 5.26 Å². The molecule has 2 N–H and O–H groups in total. The van der Waals surface area contributed by atoms with Crippen LogP contribution < -0.4 is 10.1 Å². The van der Waals surface area contributed by atoms with Crippen LogP contribution in [0.3, 0.4) is 0 Å². The highest BCUT2D eigenvalue weighted by atomic mass is 16.5. The summed E-state index contributed by atoms with van der Waals surface area (Å²) in [5.41, 5.74) is 0.507. The third-order valence-electron chi connectivity index (χ3n) is 2.58. The molecule has 2 aromatic rings. The molecule has 0 spiro atoms. The summed E-state index contributed by atoms with van der Waals surface area (Å²) in [5, 5.41) is 20.9. The Morgan fingerprint density at radius 2 is 2.20 bits per heavy atom. The minimum Gasteiger partial charge on any atom is -0.507 e. The lowest BCUT2D eigenvalue weighted by Crippen LogP contribution is -2.13. The number of amides is 1. The summed E-state index contributed by atoms with van der Waals surface area (Å²) in [6, 6.07) is 9.35. The molecule has 2 rings (SSSR count). The molecule has 0 atom stereocenters. The predicted molar refractivity (Wildman–Crippen MR) is 71.6 cm³/mol. The van der Waals surface area contributed by atoms with Crippen LogP contribution in [0.2, 0.25) is 0 Å². The Bertz CT molecular complexity index is 675. The molecule has 20 heavy (non-hydrogen) atoms. The van der Waals surface area contributed by atoms with Gasteiger partial charge in [0.25, 0.3) is 5.91 Å². The van der Waals surface area contributed by atoms with E-state index in [1.54, 1.807) is 6.07 Å². The maximum Gasteiger partial charge on any atom is 0.260 e. The number of pyridine rings is 1. The zero-order chi connectivity index (χ0) is 14.5. The second-order valence-electron chi connectivity index (χ2n) is 3.88. The number of ether oxygens (including phenoxy) is 1. The standard InChI is InChI=1S/C14H11N3O3/c1-20-10-3-4-11(12(18)6-10)14(19)17-13-5-2-9(7-15)8-16-13/h2-6,8,18H,1H3,(H,16,17,19). The number of benzene rings is 1. The van der Waals surface area contributed by atoms with Gasteiger partial charge >= 0.3 is 0 Å². The van der Waals surface area contributed by atoms with E-state index in [0.717, 1.165) is 0 Å². The quantitative estimate of drug-likeness (QED) is 0.887.